The second-order valence-corrected chi connectivity index (χ2v) is 7.71. The van der Waals surface area contributed by atoms with Gasteiger partial charge < -0.3 is 19.6 Å². The van der Waals surface area contributed by atoms with Gasteiger partial charge in [0.05, 0.1) is 24.0 Å². The van der Waals surface area contributed by atoms with Crippen molar-refractivity contribution in [2.45, 2.75) is 38.9 Å². The van der Waals surface area contributed by atoms with Gasteiger partial charge in [-0.25, -0.2) is 0 Å². The van der Waals surface area contributed by atoms with Crippen LogP contribution in [0.4, 0.5) is 5.69 Å². The van der Waals surface area contributed by atoms with Crippen LogP contribution in [0, 0.1) is 25.7 Å². The Bertz CT molecular complexity index is 727. The van der Waals surface area contributed by atoms with E-state index in [9.17, 15) is 14.7 Å². The van der Waals surface area contributed by atoms with Crippen LogP contribution in [-0.4, -0.2) is 60.3 Å². The van der Waals surface area contributed by atoms with Crippen molar-refractivity contribution in [3.63, 3.8) is 0 Å². The number of hydrogen-bond acceptors (Lipinski definition) is 4. The van der Waals surface area contributed by atoms with Crippen LogP contribution in [0.25, 0.3) is 0 Å². The SMILES string of the molecule is Cc1cccc(N2CCN(C(=O)C3C4CCC(O4)C3C(=O)O)CC2)c1C. The molecule has 0 aliphatic carbocycles. The largest absolute Gasteiger partial charge is 0.481 e. The number of hydrogen-bond donors (Lipinski definition) is 1. The topological polar surface area (TPSA) is 70.1 Å². The summed E-state index contributed by atoms with van der Waals surface area (Å²) < 4.78 is 5.75. The summed E-state index contributed by atoms with van der Waals surface area (Å²) in [6.07, 6.45) is 1.05. The maximum Gasteiger partial charge on any atom is 0.310 e. The van der Waals surface area contributed by atoms with E-state index in [1.165, 1.54) is 16.8 Å². The third-order valence-corrected chi connectivity index (χ3v) is 6.35. The summed E-state index contributed by atoms with van der Waals surface area (Å²) in [5.74, 6) is -2.13. The van der Waals surface area contributed by atoms with Crippen molar-refractivity contribution in [2.75, 3.05) is 31.1 Å². The molecule has 4 rings (SSSR count). The number of carboxylic acid groups (broad SMARTS) is 1. The first kappa shape index (κ1) is 17.3. The summed E-state index contributed by atoms with van der Waals surface area (Å²) >= 11 is 0. The maximum absolute atomic E-state index is 13.0. The Morgan fingerprint density at radius 2 is 1.69 bits per heavy atom. The molecule has 3 saturated heterocycles. The summed E-state index contributed by atoms with van der Waals surface area (Å²) in [5.41, 5.74) is 3.77. The number of carbonyl (C=O) groups is 2. The Labute approximate surface area is 153 Å². The first-order valence-electron chi connectivity index (χ1n) is 9.45. The molecular formula is C20H26N2O4. The van der Waals surface area contributed by atoms with E-state index in [0.717, 1.165) is 25.9 Å². The van der Waals surface area contributed by atoms with Crippen LogP contribution in [-0.2, 0) is 14.3 Å². The molecule has 26 heavy (non-hydrogen) atoms. The monoisotopic (exact) mass is 358 g/mol. The maximum atomic E-state index is 13.0. The fourth-order valence-corrected chi connectivity index (χ4v) is 4.76. The van der Waals surface area contributed by atoms with Gasteiger partial charge in [0, 0.05) is 31.9 Å². The number of carboxylic acids is 1. The number of fused-ring (bicyclic) bond motifs is 2. The summed E-state index contributed by atoms with van der Waals surface area (Å²) in [6, 6.07) is 6.31. The quantitative estimate of drug-likeness (QED) is 0.893. The number of ether oxygens (including phenoxy) is 1. The lowest BCUT2D eigenvalue weighted by atomic mass is 9.78. The van der Waals surface area contributed by atoms with Crippen LogP contribution in [0.5, 0.6) is 0 Å². The molecule has 2 bridgehead atoms. The zero-order valence-corrected chi connectivity index (χ0v) is 15.4. The summed E-state index contributed by atoms with van der Waals surface area (Å²) in [4.78, 5) is 28.8. The second-order valence-electron chi connectivity index (χ2n) is 7.71. The molecule has 3 heterocycles. The van der Waals surface area contributed by atoms with Crippen LogP contribution in [0.15, 0.2) is 18.2 Å². The van der Waals surface area contributed by atoms with Gasteiger partial charge in [-0.15, -0.1) is 0 Å². The van der Waals surface area contributed by atoms with Gasteiger partial charge in [0.2, 0.25) is 5.91 Å². The lowest BCUT2D eigenvalue weighted by molar-refractivity contribution is -0.151. The fraction of sp³-hybridized carbons (Fsp3) is 0.600. The van der Waals surface area contributed by atoms with Gasteiger partial charge in [-0.3, -0.25) is 9.59 Å². The molecule has 0 saturated carbocycles. The van der Waals surface area contributed by atoms with Gasteiger partial charge in [-0.05, 0) is 43.9 Å². The van der Waals surface area contributed by atoms with Crippen molar-refractivity contribution in [1.82, 2.24) is 4.90 Å². The number of rotatable bonds is 3. The molecule has 1 aromatic carbocycles. The van der Waals surface area contributed by atoms with Gasteiger partial charge >= 0.3 is 5.97 Å². The van der Waals surface area contributed by atoms with Gasteiger partial charge in [0.25, 0.3) is 0 Å². The number of piperazine rings is 1. The molecule has 0 aromatic heterocycles. The molecule has 4 atom stereocenters. The molecular weight excluding hydrogens is 332 g/mol. The number of aryl methyl sites for hydroxylation is 1. The van der Waals surface area contributed by atoms with Crippen LogP contribution < -0.4 is 4.90 Å². The number of nitrogens with zero attached hydrogens (tertiary/aromatic N) is 2. The minimum absolute atomic E-state index is 0.0368. The Kier molecular flexibility index (Phi) is 4.39. The van der Waals surface area contributed by atoms with Crippen LogP contribution in [0.3, 0.4) is 0 Å². The van der Waals surface area contributed by atoms with Gasteiger partial charge in [-0.1, -0.05) is 12.1 Å². The van der Waals surface area contributed by atoms with Crippen molar-refractivity contribution in [1.29, 1.82) is 0 Å². The molecule has 1 aromatic rings. The highest BCUT2D eigenvalue weighted by atomic mass is 16.5. The van der Waals surface area contributed by atoms with Crippen LogP contribution in [0.1, 0.15) is 24.0 Å². The Balaban J connectivity index is 1.44. The molecule has 6 heteroatoms. The molecule has 140 valence electrons. The lowest BCUT2D eigenvalue weighted by Crippen LogP contribution is -2.53. The second kappa shape index (κ2) is 6.58. The highest BCUT2D eigenvalue weighted by molar-refractivity contribution is 5.87. The van der Waals surface area contributed by atoms with E-state index in [4.69, 9.17) is 4.74 Å². The number of amides is 1. The van der Waals surface area contributed by atoms with Crippen LogP contribution >= 0.6 is 0 Å². The van der Waals surface area contributed by atoms with E-state index in [-0.39, 0.29) is 18.1 Å². The fourth-order valence-electron chi connectivity index (χ4n) is 4.76. The van der Waals surface area contributed by atoms with Crippen molar-refractivity contribution in [2.24, 2.45) is 11.8 Å². The van der Waals surface area contributed by atoms with Gasteiger partial charge in [0.1, 0.15) is 0 Å². The van der Waals surface area contributed by atoms with Gasteiger partial charge in [-0.2, -0.15) is 0 Å². The third-order valence-electron chi connectivity index (χ3n) is 6.35. The van der Waals surface area contributed by atoms with E-state index in [2.05, 4.69) is 36.9 Å². The van der Waals surface area contributed by atoms with Crippen molar-refractivity contribution < 1.29 is 19.4 Å². The average molecular weight is 358 g/mol. The molecule has 1 N–H and O–H groups in total. The molecule has 0 radical (unpaired) electrons. The Morgan fingerprint density at radius 1 is 1.04 bits per heavy atom. The predicted molar refractivity (Wildman–Crippen MR) is 97.2 cm³/mol. The minimum atomic E-state index is -0.899. The number of aliphatic carboxylic acids is 1. The average Bonchev–Trinajstić information content (AvgIpc) is 3.25. The lowest BCUT2D eigenvalue weighted by Gasteiger charge is -2.39. The van der Waals surface area contributed by atoms with E-state index < -0.39 is 17.8 Å². The molecule has 3 aliphatic rings. The first-order chi connectivity index (χ1) is 12.5. The molecule has 3 fully saturated rings. The van der Waals surface area contributed by atoms with Crippen LogP contribution in [0.2, 0.25) is 0 Å². The van der Waals surface area contributed by atoms with E-state index in [1.807, 2.05) is 4.90 Å². The number of carbonyl (C=O) groups excluding carboxylic acids is 1. The van der Waals surface area contributed by atoms with Crippen molar-refractivity contribution in [3.8, 4) is 0 Å². The summed E-state index contributed by atoms with van der Waals surface area (Å²) in [6.45, 7) is 7.05. The Hall–Kier alpha value is -2.08. The normalized spacial score (nSPS) is 30.7. The number of benzene rings is 1. The molecule has 0 spiro atoms. The highest BCUT2D eigenvalue weighted by Gasteiger charge is 2.56. The van der Waals surface area contributed by atoms with E-state index in [1.54, 1.807) is 0 Å². The molecule has 6 nitrogen and oxygen atoms in total. The first-order valence-corrected chi connectivity index (χ1v) is 9.45. The van der Waals surface area contributed by atoms with Crippen molar-refractivity contribution in [3.05, 3.63) is 29.3 Å². The van der Waals surface area contributed by atoms with Crippen molar-refractivity contribution >= 4 is 17.6 Å². The summed E-state index contributed by atoms with van der Waals surface area (Å²) in [7, 11) is 0. The Morgan fingerprint density at radius 3 is 2.35 bits per heavy atom. The zero-order chi connectivity index (χ0) is 18.4. The van der Waals surface area contributed by atoms with E-state index >= 15 is 0 Å². The third kappa shape index (κ3) is 2.76. The summed E-state index contributed by atoms with van der Waals surface area (Å²) in [5, 5.41) is 9.54. The molecule has 1 amide bonds. The predicted octanol–water partition coefficient (Wildman–Crippen LogP) is 1.83. The van der Waals surface area contributed by atoms with Gasteiger partial charge in [0.15, 0.2) is 0 Å². The standard InChI is InChI=1S/C20H26N2O4/c1-12-4-3-5-14(13(12)2)21-8-10-22(11-9-21)19(23)17-15-6-7-16(26-15)18(17)20(24)25/h3-5,15-18H,6-11H2,1-2H3,(H,24,25). The molecule has 3 aliphatic heterocycles. The minimum Gasteiger partial charge on any atom is -0.481 e. The number of anilines is 1. The molecule has 4 unspecified atom stereocenters. The smallest absolute Gasteiger partial charge is 0.310 e. The van der Waals surface area contributed by atoms with E-state index in [0.29, 0.717) is 13.1 Å². The zero-order valence-electron chi connectivity index (χ0n) is 15.4. The highest BCUT2D eigenvalue weighted by Crippen LogP contribution is 2.44.